The number of benzene rings is 1. The lowest BCUT2D eigenvalue weighted by molar-refractivity contribution is 0.0964. The van der Waals surface area contributed by atoms with Crippen molar-refractivity contribution in [3.8, 4) is 11.3 Å². The van der Waals surface area contributed by atoms with Gasteiger partial charge in [-0.15, -0.1) is 0 Å². The monoisotopic (exact) mass is 372 g/mol. The Hall–Kier alpha value is -3.21. The second-order valence-corrected chi connectivity index (χ2v) is 7.37. The van der Waals surface area contributed by atoms with E-state index in [1.165, 1.54) is 0 Å². The maximum atomic E-state index is 12.8. The largest absolute Gasteiger partial charge is 0.339 e. The van der Waals surface area contributed by atoms with Crippen molar-refractivity contribution in [3.05, 3.63) is 65.5 Å². The van der Waals surface area contributed by atoms with E-state index < -0.39 is 0 Å². The Labute approximate surface area is 164 Å². The van der Waals surface area contributed by atoms with Gasteiger partial charge < -0.3 is 10.3 Å². The van der Waals surface area contributed by atoms with Crippen LogP contribution in [0, 0.1) is 0 Å². The predicted molar refractivity (Wildman–Crippen MR) is 114 cm³/mol. The SMILES string of the molecule is CC1=NC(C)CCC(NC(=O)c2cnc3[nH]c(-c4ccccc4)cc3c2)=C1C. The first-order valence-electron chi connectivity index (χ1n) is 9.61. The van der Waals surface area contributed by atoms with Crippen molar-refractivity contribution >= 4 is 22.7 Å². The molecule has 28 heavy (non-hydrogen) atoms. The zero-order valence-corrected chi connectivity index (χ0v) is 16.4. The molecule has 1 unspecified atom stereocenters. The van der Waals surface area contributed by atoms with Crippen LogP contribution in [0.4, 0.5) is 0 Å². The highest BCUT2D eigenvalue weighted by Gasteiger charge is 2.17. The normalized spacial score (nSPS) is 17.4. The van der Waals surface area contributed by atoms with Crippen molar-refractivity contribution in [2.45, 2.75) is 39.7 Å². The number of hydrogen-bond acceptors (Lipinski definition) is 3. The molecule has 0 radical (unpaired) electrons. The standard InChI is InChI=1S/C23H24N4O/c1-14-9-10-20(15(2)16(3)25-14)27-23(28)19-11-18-12-21(26-22(18)24-13-19)17-7-5-4-6-8-17/h4-8,11-14H,9-10H2,1-3H3,(H,24,26)(H,27,28). The zero-order valence-electron chi connectivity index (χ0n) is 16.4. The summed E-state index contributed by atoms with van der Waals surface area (Å²) in [5.41, 5.74) is 6.41. The zero-order chi connectivity index (χ0) is 19.7. The Morgan fingerprint density at radius 3 is 2.75 bits per heavy atom. The molecule has 1 atom stereocenters. The molecule has 1 aliphatic rings. The van der Waals surface area contributed by atoms with Crippen LogP contribution in [-0.4, -0.2) is 27.6 Å². The van der Waals surface area contributed by atoms with Crippen LogP contribution in [0.2, 0.25) is 0 Å². The van der Waals surface area contributed by atoms with Gasteiger partial charge in [0.2, 0.25) is 0 Å². The maximum Gasteiger partial charge on any atom is 0.257 e. The van der Waals surface area contributed by atoms with Gasteiger partial charge in [0.1, 0.15) is 5.65 Å². The third kappa shape index (κ3) is 3.60. The number of pyridine rings is 1. The van der Waals surface area contributed by atoms with Crippen molar-refractivity contribution in [2.24, 2.45) is 4.99 Å². The van der Waals surface area contributed by atoms with Gasteiger partial charge in [-0.1, -0.05) is 30.3 Å². The van der Waals surface area contributed by atoms with Crippen LogP contribution in [-0.2, 0) is 0 Å². The summed E-state index contributed by atoms with van der Waals surface area (Å²) < 4.78 is 0. The average Bonchev–Trinajstić information content (AvgIpc) is 3.09. The van der Waals surface area contributed by atoms with Gasteiger partial charge in [0, 0.05) is 34.7 Å². The lowest BCUT2D eigenvalue weighted by atomic mass is 10.1. The Balaban J connectivity index is 1.60. The number of hydrogen-bond donors (Lipinski definition) is 2. The topological polar surface area (TPSA) is 70.1 Å². The van der Waals surface area contributed by atoms with Crippen molar-refractivity contribution in [3.63, 3.8) is 0 Å². The first-order valence-corrected chi connectivity index (χ1v) is 9.61. The Morgan fingerprint density at radius 2 is 1.96 bits per heavy atom. The molecule has 0 spiro atoms. The number of H-pyrrole nitrogens is 1. The molecule has 0 saturated carbocycles. The first kappa shape index (κ1) is 18.2. The quantitative estimate of drug-likeness (QED) is 0.688. The molecule has 2 aromatic heterocycles. The summed E-state index contributed by atoms with van der Waals surface area (Å²) in [4.78, 5) is 25.3. The highest BCUT2D eigenvalue weighted by Crippen LogP contribution is 2.24. The highest BCUT2D eigenvalue weighted by molar-refractivity contribution is 6.02. The van der Waals surface area contributed by atoms with E-state index in [0.717, 1.165) is 52.1 Å². The molecule has 5 heteroatoms. The van der Waals surface area contributed by atoms with Crippen LogP contribution >= 0.6 is 0 Å². The van der Waals surface area contributed by atoms with Gasteiger partial charge in [-0.25, -0.2) is 4.98 Å². The van der Waals surface area contributed by atoms with Gasteiger partial charge >= 0.3 is 0 Å². The molecule has 0 bridgehead atoms. The molecular weight excluding hydrogens is 348 g/mol. The molecule has 1 aliphatic heterocycles. The number of aromatic nitrogens is 2. The smallest absolute Gasteiger partial charge is 0.257 e. The summed E-state index contributed by atoms with van der Waals surface area (Å²) in [5, 5.41) is 4.01. The van der Waals surface area contributed by atoms with E-state index in [-0.39, 0.29) is 11.9 Å². The number of rotatable bonds is 3. The van der Waals surface area contributed by atoms with E-state index >= 15 is 0 Å². The molecule has 0 fully saturated rings. The summed E-state index contributed by atoms with van der Waals surface area (Å²) >= 11 is 0. The lowest BCUT2D eigenvalue weighted by Crippen LogP contribution is -2.24. The van der Waals surface area contributed by atoms with E-state index in [1.807, 2.05) is 56.3 Å². The van der Waals surface area contributed by atoms with Gasteiger partial charge in [0.05, 0.1) is 5.56 Å². The van der Waals surface area contributed by atoms with Gasteiger partial charge in [0.15, 0.2) is 0 Å². The molecule has 3 heterocycles. The van der Waals surface area contributed by atoms with E-state index in [4.69, 9.17) is 0 Å². The molecule has 3 aromatic rings. The minimum absolute atomic E-state index is 0.131. The summed E-state index contributed by atoms with van der Waals surface area (Å²) in [6.45, 7) is 6.13. The number of carbonyl (C=O) groups is 1. The minimum atomic E-state index is -0.131. The summed E-state index contributed by atoms with van der Waals surface area (Å²) in [6, 6.07) is 14.3. The Kier molecular flexibility index (Phi) is 4.82. The molecular formula is C23H24N4O. The van der Waals surface area contributed by atoms with Crippen LogP contribution in [0.25, 0.3) is 22.3 Å². The average molecular weight is 372 g/mol. The fraction of sp³-hybridized carbons (Fsp3) is 0.261. The molecule has 1 amide bonds. The summed E-state index contributed by atoms with van der Waals surface area (Å²) in [6.07, 6.45) is 3.37. The summed E-state index contributed by atoms with van der Waals surface area (Å²) in [5.74, 6) is -0.131. The number of aliphatic imine (C=N–C) groups is 1. The summed E-state index contributed by atoms with van der Waals surface area (Å²) in [7, 11) is 0. The van der Waals surface area contributed by atoms with Crippen LogP contribution in [0.1, 0.15) is 44.0 Å². The van der Waals surface area contributed by atoms with E-state index in [2.05, 4.69) is 27.2 Å². The minimum Gasteiger partial charge on any atom is -0.339 e. The third-order valence-electron chi connectivity index (χ3n) is 5.30. The van der Waals surface area contributed by atoms with Crippen molar-refractivity contribution in [1.29, 1.82) is 0 Å². The second kappa shape index (κ2) is 7.43. The number of nitrogens with one attached hydrogen (secondary N) is 2. The molecule has 0 aliphatic carbocycles. The molecule has 5 nitrogen and oxygen atoms in total. The van der Waals surface area contributed by atoms with Gasteiger partial charge in [-0.3, -0.25) is 9.79 Å². The van der Waals surface area contributed by atoms with Gasteiger partial charge in [0.25, 0.3) is 5.91 Å². The highest BCUT2D eigenvalue weighted by atomic mass is 16.1. The number of aromatic amines is 1. The second-order valence-electron chi connectivity index (χ2n) is 7.37. The van der Waals surface area contributed by atoms with Crippen LogP contribution < -0.4 is 5.32 Å². The van der Waals surface area contributed by atoms with Crippen molar-refractivity contribution in [2.75, 3.05) is 0 Å². The van der Waals surface area contributed by atoms with Crippen LogP contribution in [0.5, 0.6) is 0 Å². The fourth-order valence-corrected chi connectivity index (χ4v) is 3.53. The van der Waals surface area contributed by atoms with Crippen molar-refractivity contribution in [1.82, 2.24) is 15.3 Å². The predicted octanol–water partition coefficient (Wildman–Crippen LogP) is 4.88. The number of nitrogens with zero attached hydrogens (tertiary/aromatic N) is 2. The molecule has 1 aromatic carbocycles. The number of allylic oxidation sites excluding steroid dienone is 2. The third-order valence-corrected chi connectivity index (χ3v) is 5.30. The number of fused-ring (bicyclic) bond motifs is 1. The Bertz CT molecular complexity index is 1090. The molecule has 142 valence electrons. The van der Waals surface area contributed by atoms with E-state index in [9.17, 15) is 4.79 Å². The van der Waals surface area contributed by atoms with E-state index in [1.54, 1.807) is 6.20 Å². The molecule has 2 N–H and O–H groups in total. The van der Waals surface area contributed by atoms with Crippen LogP contribution in [0.15, 0.2) is 64.9 Å². The maximum absolute atomic E-state index is 12.8. The van der Waals surface area contributed by atoms with Crippen molar-refractivity contribution < 1.29 is 4.79 Å². The Morgan fingerprint density at radius 1 is 1.18 bits per heavy atom. The number of amides is 1. The van der Waals surface area contributed by atoms with E-state index in [0.29, 0.717) is 5.56 Å². The first-order chi connectivity index (χ1) is 13.5. The molecule has 0 saturated heterocycles. The van der Waals surface area contributed by atoms with Gasteiger partial charge in [-0.2, -0.15) is 0 Å². The lowest BCUT2D eigenvalue weighted by Gasteiger charge is -2.12. The number of carbonyl (C=O) groups excluding carboxylic acids is 1. The van der Waals surface area contributed by atoms with Gasteiger partial charge in [-0.05, 0) is 56.9 Å². The molecule has 4 rings (SSSR count). The fourth-order valence-electron chi connectivity index (χ4n) is 3.53. The van der Waals surface area contributed by atoms with Crippen LogP contribution in [0.3, 0.4) is 0 Å².